The van der Waals surface area contributed by atoms with Crippen molar-refractivity contribution in [1.82, 2.24) is 5.32 Å². The van der Waals surface area contributed by atoms with E-state index in [4.69, 9.17) is 0 Å². The van der Waals surface area contributed by atoms with E-state index in [-0.39, 0.29) is 0 Å². The fourth-order valence-corrected chi connectivity index (χ4v) is 2.81. The van der Waals surface area contributed by atoms with E-state index in [1.807, 2.05) is 0 Å². The zero-order chi connectivity index (χ0) is 9.97. The fraction of sp³-hybridized carbons (Fsp3) is 0.500. The maximum atomic E-state index is 3.62. The number of hydrogen-bond acceptors (Lipinski definition) is 1. The lowest BCUT2D eigenvalue weighted by atomic mass is 10.0. The highest BCUT2D eigenvalue weighted by Gasteiger charge is 2.22. The molecule has 1 unspecified atom stereocenters. The molecule has 2 rings (SSSR count). The molecule has 1 aromatic rings. The zero-order valence-electron chi connectivity index (χ0n) is 8.52. The maximum Gasteiger partial charge on any atom is 0.0210 e. The third kappa shape index (κ3) is 1.86. The van der Waals surface area contributed by atoms with E-state index in [0.717, 1.165) is 19.0 Å². The van der Waals surface area contributed by atoms with Crippen LogP contribution in [0.2, 0.25) is 0 Å². The molecule has 2 heteroatoms. The normalized spacial score (nSPS) is 19.7. The lowest BCUT2D eigenvalue weighted by molar-refractivity contribution is 0.594. The van der Waals surface area contributed by atoms with Gasteiger partial charge in [-0.2, -0.15) is 0 Å². The molecule has 1 nitrogen and oxygen atoms in total. The van der Waals surface area contributed by atoms with Crippen LogP contribution in [0.15, 0.2) is 22.7 Å². The molecule has 0 aromatic heterocycles. The van der Waals surface area contributed by atoms with Gasteiger partial charge in [0.25, 0.3) is 0 Å². The largest absolute Gasteiger partial charge is 0.316 e. The summed E-state index contributed by atoms with van der Waals surface area (Å²) in [5, 5.41) is 3.44. The van der Waals surface area contributed by atoms with Gasteiger partial charge in [0.2, 0.25) is 0 Å². The molecule has 1 aromatic carbocycles. The zero-order valence-corrected chi connectivity index (χ0v) is 10.1. The highest BCUT2D eigenvalue weighted by Crippen LogP contribution is 2.36. The van der Waals surface area contributed by atoms with Gasteiger partial charge in [0, 0.05) is 11.0 Å². The number of halogens is 1. The summed E-state index contributed by atoms with van der Waals surface area (Å²) in [6.45, 7) is 4.36. The van der Waals surface area contributed by atoms with Gasteiger partial charge in [0.05, 0.1) is 0 Å². The average Bonchev–Trinajstić information content (AvgIpc) is 2.60. The van der Waals surface area contributed by atoms with Gasteiger partial charge in [-0.15, -0.1) is 0 Å². The van der Waals surface area contributed by atoms with Gasteiger partial charge in [-0.3, -0.25) is 0 Å². The summed E-state index contributed by atoms with van der Waals surface area (Å²) in [6.07, 6.45) is 2.53. The molecular weight excluding hydrogens is 238 g/mol. The van der Waals surface area contributed by atoms with Crippen LogP contribution in [0.5, 0.6) is 0 Å². The van der Waals surface area contributed by atoms with Crippen molar-refractivity contribution >= 4 is 15.9 Å². The van der Waals surface area contributed by atoms with Crippen LogP contribution in [0.1, 0.15) is 30.4 Å². The first-order chi connectivity index (χ1) is 6.83. The molecule has 1 aliphatic carbocycles. The number of hydrogen-bond donors (Lipinski definition) is 1. The van der Waals surface area contributed by atoms with Gasteiger partial charge in [-0.25, -0.2) is 0 Å². The average molecular weight is 254 g/mol. The molecule has 14 heavy (non-hydrogen) atoms. The Morgan fingerprint density at radius 3 is 3.14 bits per heavy atom. The lowest BCUT2D eigenvalue weighted by Gasteiger charge is -2.11. The highest BCUT2D eigenvalue weighted by atomic mass is 79.9. The minimum atomic E-state index is 0.724. The van der Waals surface area contributed by atoms with Crippen LogP contribution < -0.4 is 5.32 Å². The molecule has 0 bridgehead atoms. The predicted octanol–water partition coefficient (Wildman–Crippen LogP) is 3.09. The van der Waals surface area contributed by atoms with Crippen LogP contribution in [0.25, 0.3) is 0 Å². The maximum absolute atomic E-state index is 3.62. The summed E-state index contributed by atoms with van der Waals surface area (Å²) >= 11 is 3.62. The molecule has 0 saturated carbocycles. The molecular formula is C12H16BrN. The van der Waals surface area contributed by atoms with E-state index >= 15 is 0 Å². The van der Waals surface area contributed by atoms with Crippen molar-refractivity contribution < 1.29 is 0 Å². The lowest BCUT2D eigenvalue weighted by Crippen LogP contribution is -2.19. The Bertz CT molecular complexity index is 322. The second kappa shape index (κ2) is 4.45. The van der Waals surface area contributed by atoms with E-state index in [1.54, 1.807) is 5.56 Å². The molecule has 0 spiro atoms. The molecule has 1 atom stereocenters. The standard InChI is InChI=1S/C12H16BrN/c1-2-14-8-9-6-7-11-10(9)4-3-5-12(11)13/h3-5,9,14H,2,6-8H2,1H3. The SMILES string of the molecule is CCNCC1CCc2c(Br)cccc21. The summed E-state index contributed by atoms with van der Waals surface area (Å²) in [5.74, 6) is 0.724. The van der Waals surface area contributed by atoms with Gasteiger partial charge >= 0.3 is 0 Å². The Morgan fingerprint density at radius 2 is 2.36 bits per heavy atom. The Morgan fingerprint density at radius 1 is 1.50 bits per heavy atom. The fourth-order valence-electron chi connectivity index (χ4n) is 2.23. The van der Waals surface area contributed by atoms with Crippen molar-refractivity contribution in [2.24, 2.45) is 0 Å². The third-order valence-electron chi connectivity index (χ3n) is 2.98. The molecule has 0 amide bonds. The first kappa shape index (κ1) is 10.2. The summed E-state index contributed by atoms with van der Waals surface area (Å²) in [4.78, 5) is 0. The third-order valence-corrected chi connectivity index (χ3v) is 3.72. The summed E-state index contributed by atoms with van der Waals surface area (Å²) in [5.41, 5.74) is 3.07. The Labute approximate surface area is 94.0 Å². The van der Waals surface area contributed by atoms with Crippen LogP contribution in [0.4, 0.5) is 0 Å². The number of rotatable bonds is 3. The van der Waals surface area contributed by atoms with E-state index in [2.05, 4.69) is 46.4 Å². The number of nitrogens with one attached hydrogen (secondary N) is 1. The summed E-state index contributed by atoms with van der Waals surface area (Å²) in [7, 11) is 0. The molecule has 1 N–H and O–H groups in total. The second-order valence-electron chi connectivity index (χ2n) is 3.85. The molecule has 0 aliphatic heterocycles. The second-order valence-corrected chi connectivity index (χ2v) is 4.71. The number of benzene rings is 1. The van der Waals surface area contributed by atoms with Gasteiger partial charge < -0.3 is 5.32 Å². The van der Waals surface area contributed by atoms with Crippen LogP contribution in [-0.4, -0.2) is 13.1 Å². The first-order valence-electron chi connectivity index (χ1n) is 5.31. The molecule has 76 valence electrons. The topological polar surface area (TPSA) is 12.0 Å². The quantitative estimate of drug-likeness (QED) is 0.874. The van der Waals surface area contributed by atoms with E-state index < -0.39 is 0 Å². The van der Waals surface area contributed by atoms with Gasteiger partial charge in [0.1, 0.15) is 0 Å². The monoisotopic (exact) mass is 253 g/mol. The van der Waals surface area contributed by atoms with E-state index in [9.17, 15) is 0 Å². The summed E-state index contributed by atoms with van der Waals surface area (Å²) < 4.78 is 1.29. The molecule has 0 heterocycles. The minimum Gasteiger partial charge on any atom is -0.316 e. The summed E-state index contributed by atoms with van der Waals surface area (Å²) in [6, 6.07) is 6.57. The predicted molar refractivity (Wildman–Crippen MR) is 63.7 cm³/mol. The van der Waals surface area contributed by atoms with Crippen molar-refractivity contribution in [3.8, 4) is 0 Å². The van der Waals surface area contributed by atoms with Crippen molar-refractivity contribution in [3.63, 3.8) is 0 Å². The van der Waals surface area contributed by atoms with Gasteiger partial charge in [-0.05, 0) is 42.5 Å². The van der Waals surface area contributed by atoms with Crippen LogP contribution in [0.3, 0.4) is 0 Å². The Balaban J connectivity index is 2.18. The Hall–Kier alpha value is -0.340. The van der Waals surface area contributed by atoms with Gasteiger partial charge in [-0.1, -0.05) is 35.0 Å². The van der Waals surface area contributed by atoms with E-state index in [0.29, 0.717) is 0 Å². The molecule has 0 fully saturated rings. The molecule has 1 aliphatic rings. The smallest absolute Gasteiger partial charge is 0.0210 e. The van der Waals surface area contributed by atoms with Crippen molar-refractivity contribution in [3.05, 3.63) is 33.8 Å². The van der Waals surface area contributed by atoms with Crippen LogP contribution in [-0.2, 0) is 6.42 Å². The van der Waals surface area contributed by atoms with E-state index in [1.165, 1.54) is 22.9 Å². The number of fused-ring (bicyclic) bond motifs is 1. The van der Waals surface area contributed by atoms with Crippen LogP contribution in [0, 0.1) is 0 Å². The number of likely N-dealkylation sites (N-methyl/N-ethyl adjacent to an activating group) is 1. The highest BCUT2D eigenvalue weighted by molar-refractivity contribution is 9.10. The van der Waals surface area contributed by atoms with Crippen LogP contribution >= 0.6 is 15.9 Å². The molecule has 0 radical (unpaired) electrons. The van der Waals surface area contributed by atoms with Crippen molar-refractivity contribution in [2.75, 3.05) is 13.1 Å². The van der Waals surface area contributed by atoms with Crippen molar-refractivity contribution in [2.45, 2.75) is 25.7 Å². The Kier molecular flexibility index (Phi) is 3.24. The first-order valence-corrected chi connectivity index (χ1v) is 6.10. The molecule has 0 saturated heterocycles. The van der Waals surface area contributed by atoms with Gasteiger partial charge in [0.15, 0.2) is 0 Å². The minimum absolute atomic E-state index is 0.724. The van der Waals surface area contributed by atoms with Crippen molar-refractivity contribution in [1.29, 1.82) is 0 Å².